The second kappa shape index (κ2) is 4.96. The molecule has 0 saturated heterocycles. The Bertz CT molecular complexity index is 429. The summed E-state index contributed by atoms with van der Waals surface area (Å²) >= 11 is 0. The smallest absolute Gasteiger partial charge is 0.165 e. The van der Waals surface area contributed by atoms with Gasteiger partial charge in [-0.1, -0.05) is 19.3 Å². The quantitative estimate of drug-likeness (QED) is 0.833. The number of hydrogen-bond acceptors (Lipinski definition) is 4. The molecule has 1 saturated carbocycles. The second-order valence-corrected chi connectivity index (χ2v) is 4.97. The molecule has 1 fully saturated rings. The highest BCUT2D eigenvalue weighted by atomic mass is 16.6. The van der Waals surface area contributed by atoms with Crippen LogP contribution in [0.4, 0.5) is 5.69 Å². The Balaban J connectivity index is 1.63. The van der Waals surface area contributed by atoms with E-state index in [9.17, 15) is 0 Å². The SMILES string of the molecule is Nc1cc2c(cc1OCCC1CCC1)OCCO2. The number of nitrogens with two attached hydrogens (primary N) is 1. The van der Waals surface area contributed by atoms with E-state index < -0.39 is 0 Å². The molecule has 0 aromatic heterocycles. The maximum atomic E-state index is 5.95. The van der Waals surface area contributed by atoms with Gasteiger partial charge in [-0.25, -0.2) is 0 Å². The van der Waals surface area contributed by atoms with Crippen molar-refractivity contribution in [2.24, 2.45) is 5.92 Å². The van der Waals surface area contributed by atoms with E-state index in [1.54, 1.807) is 6.07 Å². The first-order valence-corrected chi connectivity index (χ1v) is 6.65. The molecule has 2 N–H and O–H groups in total. The molecular formula is C14H19NO3. The van der Waals surface area contributed by atoms with Gasteiger partial charge in [-0.05, 0) is 12.3 Å². The molecule has 3 rings (SSSR count). The second-order valence-electron chi connectivity index (χ2n) is 4.97. The van der Waals surface area contributed by atoms with Gasteiger partial charge in [-0.3, -0.25) is 0 Å². The summed E-state index contributed by atoms with van der Waals surface area (Å²) in [6.45, 7) is 1.89. The van der Waals surface area contributed by atoms with Crippen molar-refractivity contribution in [2.75, 3.05) is 25.6 Å². The zero-order valence-corrected chi connectivity index (χ0v) is 10.5. The van der Waals surface area contributed by atoms with Crippen LogP contribution in [-0.4, -0.2) is 19.8 Å². The van der Waals surface area contributed by atoms with Crippen LogP contribution in [-0.2, 0) is 0 Å². The zero-order valence-electron chi connectivity index (χ0n) is 10.5. The molecule has 18 heavy (non-hydrogen) atoms. The number of anilines is 1. The van der Waals surface area contributed by atoms with Gasteiger partial charge < -0.3 is 19.9 Å². The van der Waals surface area contributed by atoms with Crippen LogP contribution in [0.5, 0.6) is 17.2 Å². The molecule has 0 atom stereocenters. The monoisotopic (exact) mass is 249 g/mol. The molecule has 1 aromatic carbocycles. The third-order valence-electron chi connectivity index (χ3n) is 3.68. The van der Waals surface area contributed by atoms with Crippen molar-refractivity contribution in [3.63, 3.8) is 0 Å². The van der Waals surface area contributed by atoms with Crippen LogP contribution in [0.2, 0.25) is 0 Å². The van der Waals surface area contributed by atoms with Gasteiger partial charge in [0.05, 0.1) is 12.3 Å². The maximum Gasteiger partial charge on any atom is 0.165 e. The van der Waals surface area contributed by atoms with Crippen LogP contribution >= 0.6 is 0 Å². The van der Waals surface area contributed by atoms with Crippen molar-refractivity contribution >= 4 is 5.69 Å². The maximum absolute atomic E-state index is 5.95. The summed E-state index contributed by atoms with van der Waals surface area (Å²) in [6, 6.07) is 3.62. The number of nitrogen functional groups attached to an aromatic ring is 1. The Morgan fingerprint density at radius 2 is 1.89 bits per heavy atom. The van der Waals surface area contributed by atoms with Crippen LogP contribution in [0.1, 0.15) is 25.7 Å². The van der Waals surface area contributed by atoms with E-state index in [-0.39, 0.29) is 0 Å². The Hall–Kier alpha value is -1.58. The van der Waals surface area contributed by atoms with Crippen LogP contribution in [0.25, 0.3) is 0 Å². The summed E-state index contributed by atoms with van der Waals surface area (Å²) in [5.41, 5.74) is 6.57. The average molecular weight is 249 g/mol. The Kier molecular flexibility index (Phi) is 3.17. The van der Waals surface area contributed by atoms with E-state index in [1.807, 2.05) is 6.07 Å². The van der Waals surface area contributed by atoms with E-state index >= 15 is 0 Å². The molecule has 0 spiro atoms. The lowest BCUT2D eigenvalue weighted by Crippen LogP contribution is -2.16. The van der Waals surface area contributed by atoms with Gasteiger partial charge in [0.1, 0.15) is 19.0 Å². The predicted octanol–water partition coefficient (Wildman–Crippen LogP) is 2.61. The first kappa shape index (κ1) is 11.5. The van der Waals surface area contributed by atoms with Crippen LogP contribution in [0, 0.1) is 5.92 Å². The minimum Gasteiger partial charge on any atom is -0.491 e. The van der Waals surface area contributed by atoms with Crippen LogP contribution < -0.4 is 19.9 Å². The summed E-state index contributed by atoms with van der Waals surface area (Å²) in [5.74, 6) is 3.00. The van der Waals surface area contributed by atoms with Crippen LogP contribution in [0.15, 0.2) is 12.1 Å². The fourth-order valence-electron chi connectivity index (χ4n) is 2.33. The minimum absolute atomic E-state index is 0.578. The highest BCUT2D eigenvalue weighted by molar-refractivity contribution is 5.62. The zero-order chi connectivity index (χ0) is 12.4. The van der Waals surface area contributed by atoms with Gasteiger partial charge in [-0.2, -0.15) is 0 Å². The number of hydrogen-bond donors (Lipinski definition) is 1. The molecule has 4 nitrogen and oxygen atoms in total. The number of benzene rings is 1. The summed E-state index contributed by atoms with van der Waals surface area (Å²) in [7, 11) is 0. The Morgan fingerprint density at radius 3 is 2.56 bits per heavy atom. The van der Waals surface area contributed by atoms with E-state index in [0.717, 1.165) is 24.7 Å². The summed E-state index contributed by atoms with van der Waals surface area (Å²) < 4.78 is 16.7. The average Bonchev–Trinajstić information content (AvgIpc) is 2.32. The lowest BCUT2D eigenvalue weighted by Gasteiger charge is -2.25. The van der Waals surface area contributed by atoms with E-state index in [2.05, 4.69) is 0 Å². The van der Waals surface area contributed by atoms with Crippen molar-refractivity contribution < 1.29 is 14.2 Å². The molecule has 1 aliphatic carbocycles. The van der Waals surface area contributed by atoms with Crippen molar-refractivity contribution in [2.45, 2.75) is 25.7 Å². The molecule has 1 heterocycles. The fourth-order valence-corrected chi connectivity index (χ4v) is 2.33. The largest absolute Gasteiger partial charge is 0.491 e. The highest BCUT2D eigenvalue weighted by Crippen LogP contribution is 2.38. The molecule has 0 bridgehead atoms. The van der Waals surface area contributed by atoms with Gasteiger partial charge in [0.15, 0.2) is 11.5 Å². The van der Waals surface area contributed by atoms with Crippen molar-refractivity contribution in [3.05, 3.63) is 12.1 Å². The van der Waals surface area contributed by atoms with Gasteiger partial charge in [-0.15, -0.1) is 0 Å². The predicted molar refractivity (Wildman–Crippen MR) is 69.3 cm³/mol. The third kappa shape index (κ3) is 2.33. The molecule has 0 radical (unpaired) electrons. The molecule has 2 aliphatic rings. The fraction of sp³-hybridized carbons (Fsp3) is 0.571. The van der Waals surface area contributed by atoms with Gasteiger partial charge in [0.2, 0.25) is 0 Å². The first-order valence-electron chi connectivity index (χ1n) is 6.65. The van der Waals surface area contributed by atoms with Gasteiger partial charge in [0.25, 0.3) is 0 Å². The number of rotatable bonds is 4. The Labute approximate surface area is 107 Å². The molecule has 98 valence electrons. The Morgan fingerprint density at radius 1 is 1.17 bits per heavy atom. The normalized spacial score (nSPS) is 18.2. The lowest BCUT2D eigenvalue weighted by atomic mass is 9.83. The standard InChI is InChI=1S/C14H19NO3/c15-11-8-13-14(18-7-6-17-13)9-12(11)16-5-4-10-2-1-3-10/h8-10H,1-7,15H2. The molecule has 0 unspecified atom stereocenters. The van der Waals surface area contributed by atoms with Gasteiger partial charge in [0, 0.05) is 12.1 Å². The highest BCUT2D eigenvalue weighted by Gasteiger charge is 2.18. The summed E-state index contributed by atoms with van der Waals surface area (Å²) in [5, 5.41) is 0. The van der Waals surface area contributed by atoms with Crippen LogP contribution in [0.3, 0.4) is 0 Å². The van der Waals surface area contributed by atoms with Crippen molar-refractivity contribution in [1.82, 2.24) is 0 Å². The third-order valence-corrected chi connectivity index (χ3v) is 3.68. The van der Waals surface area contributed by atoms with E-state index in [1.165, 1.54) is 19.3 Å². The molecule has 1 aromatic rings. The molecule has 0 amide bonds. The first-order chi connectivity index (χ1) is 8.83. The topological polar surface area (TPSA) is 53.7 Å². The number of ether oxygens (including phenoxy) is 3. The van der Waals surface area contributed by atoms with E-state index in [0.29, 0.717) is 30.4 Å². The lowest BCUT2D eigenvalue weighted by molar-refractivity contribution is 0.170. The molecular weight excluding hydrogens is 230 g/mol. The molecule has 1 aliphatic heterocycles. The van der Waals surface area contributed by atoms with Gasteiger partial charge >= 0.3 is 0 Å². The van der Waals surface area contributed by atoms with Crippen molar-refractivity contribution in [3.8, 4) is 17.2 Å². The minimum atomic E-state index is 0.578. The summed E-state index contributed by atoms with van der Waals surface area (Å²) in [6.07, 6.45) is 5.19. The number of fused-ring (bicyclic) bond motifs is 1. The van der Waals surface area contributed by atoms with Crippen molar-refractivity contribution in [1.29, 1.82) is 0 Å². The van der Waals surface area contributed by atoms with E-state index in [4.69, 9.17) is 19.9 Å². The molecule has 4 heteroatoms. The summed E-state index contributed by atoms with van der Waals surface area (Å²) in [4.78, 5) is 0.